The molecule has 0 radical (unpaired) electrons. The fraction of sp³-hybridized carbons (Fsp3) is 0.136. The third-order valence-electron chi connectivity index (χ3n) is 4.96. The van der Waals surface area contributed by atoms with Crippen LogP contribution in [0.3, 0.4) is 0 Å². The second-order valence-electron chi connectivity index (χ2n) is 7.16. The zero-order chi connectivity index (χ0) is 22.9. The van der Waals surface area contributed by atoms with Crippen LogP contribution < -0.4 is 9.73 Å². The summed E-state index contributed by atoms with van der Waals surface area (Å²) in [6.45, 7) is 0.0591. The Morgan fingerprint density at radius 3 is 2.41 bits per heavy atom. The molecule has 1 aliphatic rings. The van der Waals surface area contributed by atoms with Crippen molar-refractivity contribution >= 4 is 72.2 Å². The van der Waals surface area contributed by atoms with Gasteiger partial charge in [-0.3, -0.25) is 5.01 Å². The van der Waals surface area contributed by atoms with Gasteiger partial charge < -0.3 is 0 Å². The Balaban J connectivity index is 1.61. The van der Waals surface area contributed by atoms with Crippen molar-refractivity contribution in [2.75, 3.05) is 11.6 Å². The van der Waals surface area contributed by atoms with E-state index in [1.165, 1.54) is 12.1 Å². The lowest BCUT2D eigenvalue weighted by atomic mass is 10.0. The average Bonchev–Trinajstić information content (AvgIpc) is 3.17. The molecule has 0 saturated heterocycles. The minimum absolute atomic E-state index is 0.0591. The molecule has 1 atom stereocenters. The summed E-state index contributed by atoms with van der Waals surface area (Å²) in [6, 6.07) is 19.1. The second-order valence-corrected chi connectivity index (χ2v) is 11.1. The Hall–Kier alpha value is -1.61. The summed E-state index contributed by atoms with van der Waals surface area (Å²) >= 11 is 21.9. The number of rotatable bonds is 6. The number of anilines is 1. The van der Waals surface area contributed by atoms with Gasteiger partial charge in [0.15, 0.2) is 0 Å². The second kappa shape index (κ2) is 9.71. The van der Waals surface area contributed by atoms with Crippen LogP contribution in [0.15, 0.2) is 81.2 Å². The van der Waals surface area contributed by atoms with Crippen LogP contribution in [0.2, 0.25) is 15.1 Å². The summed E-state index contributed by atoms with van der Waals surface area (Å²) in [5.41, 5.74) is 2.39. The largest absolute Gasteiger partial charge is 0.256 e. The molecular weight excluding hydrogens is 557 g/mol. The molecule has 0 fully saturated rings. The fourth-order valence-electron chi connectivity index (χ4n) is 3.41. The summed E-state index contributed by atoms with van der Waals surface area (Å²) in [6.07, 6.45) is 0.526. The normalized spacial score (nSPS) is 16.3. The fourth-order valence-corrected chi connectivity index (χ4v) is 5.49. The summed E-state index contributed by atoms with van der Waals surface area (Å²) in [5.74, 6) is 0. The predicted molar refractivity (Wildman–Crippen MR) is 135 cm³/mol. The zero-order valence-electron chi connectivity index (χ0n) is 16.5. The number of sulfonamides is 1. The third kappa shape index (κ3) is 5.30. The van der Waals surface area contributed by atoms with E-state index in [0.29, 0.717) is 32.9 Å². The van der Waals surface area contributed by atoms with Crippen molar-refractivity contribution in [2.24, 2.45) is 5.10 Å². The van der Waals surface area contributed by atoms with Crippen LogP contribution in [-0.4, -0.2) is 20.7 Å². The van der Waals surface area contributed by atoms with Crippen molar-refractivity contribution in [3.8, 4) is 0 Å². The van der Waals surface area contributed by atoms with Gasteiger partial charge in [0, 0.05) is 20.9 Å². The number of hydrogen-bond acceptors (Lipinski definition) is 4. The maximum Gasteiger partial charge on any atom is 0.240 e. The highest BCUT2D eigenvalue weighted by atomic mass is 79.9. The molecule has 0 aromatic heterocycles. The van der Waals surface area contributed by atoms with Gasteiger partial charge in [0.25, 0.3) is 0 Å². The van der Waals surface area contributed by atoms with E-state index in [1.54, 1.807) is 30.3 Å². The van der Waals surface area contributed by atoms with E-state index in [9.17, 15) is 8.42 Å². The first-order chi connectivity index (χ1) is 15.2. The molecule has 3 aromatic carbocycles. The molecule has 0 bridgehead atoms. The SMILES string of the molecule is O=S(=O)(NCC1=NN(c2ccc(Cl)cc2Cl)C(c2ccc(Br)cc2)C1)c1cccc(Cl)c1. The lowest BCUT2D eigenvalue weighted by molar-refractivity contribution is 0.586. The number of hydrazone groups is 1. The van der Waals surface area contributed by atoms with Gasteiger partial charge in [0.1, 0.15) is 0 Å². The van der Waals surface area contributed by atoms with Gasteiger partial charge in [-0.2, -0.15) is 5.10 Å². The molecule has 0 aliphatic carbocycles. The molecule has 0 spiro atoms. The van der Waals surface area contributed by atoms with Crippen LogP contribution in [-0.2, 0) is 10.0 Å². The number of halogens is 4. The molecule has 32 heavy (non-hydrogen) atoms. The number of nitrogens with zero attached hydrogens (tertiary/aromatic N) is 2. The van der Waals surface area contributed by atoms with Gasteiger partial charge in [-0.05, 0) is 54.1 Å². The Bertz CT molecular complexity index is 1280. The summed E-state index contributed by atoms with van der Waals surface area (Å²) in [5, 5.41) is 7.85. The van der Waals surface area contributed by atoms with E-state index in [1.807, 2.05) is 29.3 Å². The van der Waals surface area contributed by atoms with Crippen molar-refractivity contribution in [3.63, 3.8) is 0 Å². The molecule has 4 rings (SSSR count). The van der Waals surface area contributed by atoms with E-state index < -0.39 is 10.0 Å². The van der Waals surface area contributed by atoms with Crippen LogP contribution in [0, 0.1) is 0 Å². The third-order valence-corrected chi connectivity index (χ3v) is 7.66. The first-order valence-electron chi connectivity index (χ1n) is 9.54. The maximum absolute atomic E-state index is 12.7. The minimum atomic E-state index is -3.74. The van der Waals surface area contributed by atoms with Gasteiger partial charge in [0.2, 0.25) is 10.0 Å². The maximum atomic E-state index is 12.7. The van der Waals surface area contributed by atoms with Crippen LogP contribution in [0.5, 0.6) is 0 Å². The summed E-state index contributed by atoms with van der Waals surface area (Å²) < 4.78 is 29.0. The molecule has 0 amide bonds. The van der Waals surface area contributed by atoms with Gasteiger partial charge in [-0.25, -0.2) is 13.1 Å². The Morgan fingerprint density at radius 2 is 1.72 bits per heavy atom. The van der Waals surface area contributed by atoms with E-state index in [2.05, 4.69) is 20.7 Å². The van der Waals surface area contributed by atoms with Crippen molar-refractivity contribution in [1.82, 2.24) is 4.72 Å². The highest BCUT2D eigenvalue weighted by Crippen LogP contribution is 2.39. The first-order valence-corrected chi connectivity index (χ1v) is 13.0. The molecule has 3 aromatic rings. The van der Waals surface area contributed by atoms with Crippen LogP contribution >= 0.6 is 50.7 Å². The number of hydrogen-bond donors (Lipinski definition) is 1. The van der Waals surface area contributed by atoms with Gasteiger partial charge in [-0.1, -0.05) is 68.9 Å². The lowest BCUT2D eigenvalue weighted by Gasteiger charge is -2.25. The molecule has 1 N–H and O–H groups in total. The van der Waals surface area contributed by atoms with Crippen molar-refractivity contribution < 1.29 is 8.42 Å². The smallest absolute Gasteiger partial charge is 0.240 e. The molecule has 0 saturated carbocycles. The molecular formula is C22H17BrCl3N3O2S. The predicted octanol–water partition coefficient (Wildman–Crippen LogP) is 6.70. The van der Waals surface area contributed by atoms with E-state index in [0.717, 1.165) is 10.0 Å². The number of benzene rings is 3. The van der Waals surface area contributed by atoms with Crippen LogP contribution in [0.25, 0.3) is 0 Å². The van der Waals surface area contributed by atoms with Crippen molar-refractivity contribution in [1.29, 1.82) is 0 Å². The van der Waals surface area contributed by atoms with Gasteiger partial charge >= 0.3 is 0 Å². The standard InChI is InChI=1S/C22H17BrCl3N3O2S/c23-15-6-4-14(5-7-15)22-12-18(28-29(22)21-9-8-17(25)11-20(21)26)13-27-32(30,31)19-3-1-2-16(24)10-19/h1-11,22,27H,12-13H2. The Kier molecular flexibility index (Phi) is 7.14. The van der Waals surface area contributed by atoms with Crippen molar-refractivity contribution in [2.45, 2.75) is 17.4 Å². The van der Waals surface area contributed by atoms with E-state index in [4.69, 9.17) is 39.9 Å². The topological polar surface area (TPSA) is 61.8 Å². The highest BCUT2D eigenvalue weighted by molar-refractivity contribution is 9.10. The Labute approximate surface area is 210 Å². The van der Waals surface area contributed by atoms with E-state index >= 15 is 0 Å². The molecule has 1 aliphatic heterocycles. The molecule has 1 heterocycles. The zero-order valence-corrected chi connectivity index (χ0v) is 21.1. The van der Waals surface area contributed by atoms with E-state index in [-0.39, 0.29) is 17.5 Å². The van der Waals surface area contributed by atoms with Gasteiger partial charge in [0.05, 0.1) is 33.9 Å². The average molecular weight is 574 g/mol. The Morgan fingerprint density at radius 1 is 1.00 bits per heavy atom. The number of nitrogens with one attached hydrogen (secondary N) is 1. The van der Waals surface area contributed by atoms with Crippen LogP contribution in [0.4, 0.5) is 5.69 Å². The monoisotopic (exact) mass is 571 g/mol. The summed E-state index contributed by atoms with van der Waals surface area (Å²) in [4.78, 5) is 0.102. The molecule has 166 valence electrons. The van der Waals surface area contributed by atoms with Gasteiger partial charge in [-0.15, -0.1) is 0 Å². The van der Waals surface area contributed by atoms with Crippen molar-refractivity contribution in [3.05, 3.63) is 91.8 Å². The lowest BCUT2D eigenvalue weighted by Crippen LogP contribution is -2.29. The quantitative estimate of drug-likeness (QED) is 0.357. The summed E-state index contributed by atoms with van der Waals surface area (Å²) in [7, 11) is -3.74. The van der Waals surface area contributed by atoms with Crippen LogP contribution in [0.1, 0.15) is 18.0 Å². The molecule has 1 unspecified atom stereocenters. The first kappa shape index (κ1) is 23.5. The molecule has 5 nitrogen and oxygen atoms in total. The minimum Gasteiger partial charge on any atom is -0.256 e. The highest BCUT2D eigenvalue weighted by Gasteiger charge is 2.31. The molecule has 10 heteroatoms.